The molecule has 2 N–H and O–H groups in total. The summed E-state index contributed by atoms with van der Waals surface area (Å²) in [4.78, 5) is 29.1. The Morgan fingerprint density at radius 2 is 1.82 bits per heavy atom. The van der Waals surface area contributed by atoms with Crippen molar-refractivity contribution in [1.82, 2.24) is 19.8 Å². The lowest BCUT2D eigenvalue weighted by Crippen LogP contribution is -2.63. The van der Waals surface area contributed by atoms with Gasteiger partial charge in [0.15, 0.2) is 0 Å². The van der Waals surface area contributed by atoms with Gasteiger partial charge < -0.3 is 10.2 Å². The van der Waals surface area contributed by atoms with E-state index in [1.807, 2.05) is 6.92 Å². The minimum Gasteiger partial charge on any atom is -0.324 e. The van der Waals surface area contributed by atoms with Gasteiger partial charge in [0.05, 0.1) is 11.2 Å². The number of hydrogen-bond donors (Lipinski definition) is 2. The molecule has 2 heterocycles. The summed E-state index contributed by atoms with van der Waals surface area (Å²) in [5.74, 6) is -0.283. The van der Waals surface area contributed by atoms with Gasteiger partial charge in [0.25, 0.3) is 0 Å². The van der Waals surface area contributed by atoms with Crippen LogP contribution >= 0.6 is 0 Å². The third kappa shape index (κ3) is 3.80. The standard InChI is InChI=1S/C19H32N4O4S/c1-19(7-8-19)21-28(26,27)14-3-4-16-15(11-14)17(24)23(18(25)22(16)2)12-13-5-9-20-10-6-13/h13-16,20-21H,3-12H2,1-2H3. The average molecular weight is 413 g/mol. The van der Waals surface area contributed by atoms with Gasteiger partial charge in [-0.3, -0.25) is 9.69 Å². The minimum absolute atomic E-state index is 0.177. The Morgan fingerprint density at radius 1 is 1.14 bits per heavy atom. The van der Waals surface area contributed by atoms with Crippen molar-refractivity contribution in [2.45, 2.75) is 68.7 Å². The molecule has 2 aliphatic carbocycles. The van der Waals surface area contributed by atoms with Crippen LogP contribution in [0.2, 0.25) is 0 Å². The minimum atomic E-state index is -3.46. The van der Waals surface area contributed by atoms with E-state index < -0.39 is 21.2 Å². The van der Waals surface area contributed by atoms with Gasteiger partial charge in [0.2, 0.25) is 15.9 Å². The SMILES string of the molecule is CN1C(=O)N(CC2CCNCC2)C(=O)C2CC(S(=O)(=O)NC3(C)CC3)CCC21. The van der Waals surface area contributed by atoms with Gasteiger partial charge in [-0.1, -0.05) is 0 Å². The van der Waals surface area contributed by atoms with Crippen LogP contribution in [-0.2, 0) is 14.8 Å². The number of amides is 3. The van der Waals surface area contributed by atoms with Gasteiger partial charge >= 0.3 is 6.03 Å². The molecule has 3 amide bonds. The predicted molar refractivity (Wildman–Crippen MR) is 105 cm³/mol. The number of carbonyl (C=O) groups is 2. The van der Waals surface area contributed by atoms with Gasteiger partial charge in [-0.2, -0.15) is 0 Å². The summed E-state index contributed by atoms with van der Waals surface area (Å²) in [6.07, 6.45) is 4.99. The molecule has 3 atom stereocenters. The van der Waals surface area contributed by atoms with E-state index in [0.717, 1.165) is 38.8 Å². The number of sulfonamides is 1. The van der Waals surface area contributed by atoms with Crippen molar-refractivity contribution in [3.63, 3.8) is 0 Å². The second kappa shape index (κ2) is 7.25. The van der Waals surface area contributed by atoms with E-state index in [9.17, 15) is 18.0 Å². The van der Waals surface area contributed by atoms with Crippen LogP contribution < -0.4 is 10.0 Å². The first kappa shape index (κ1) is 20.1. The molecule has 4 rings (SSSR count). The topological polar surface area (TPSA) is 98.8 Å². The van der Waals surface area contributed by atoms with Crippen LogP contribution in [0, 0.1) is 11.8 Å². The van der Waals surface area contributed by atoms with Crippen LogP contribution in [-0.4, -0.2) is 73.7 Å². The number of hydrogen-bond acceptors (Lipinski definition) is 5. The Labute approximate surface area is 167 Å². The molecule has 0 aromatic rings. The molecule has 9 heteroatoms. The lowest BCUT2D eigenvalue weighted by Gasteiger charge is -2.47. The molecule has 28 heavy (non-hydrogen) atoms. The van der Waals surface area contributed by atoms with Crippen LogP contribution in [0.15, 0.2) is 0 Å². The van der Waals surface area contributed by atoms with E-state index in [2.05, 4.69) is 10.0 Å². The summed E-state index contributed by atoms with van der Waals surface area (Å²) in [7, 11) is -1.71. The fourth-order valence-corrected chi connectivity index (χ4v) is 6.93. The molecule has 0 spiro atoms. The highest BCUT2D eigenvalue weighted by molar-refractivity contribution is 7.90. The summed E-state index contributed by atoms with van der Waals surface area (Å²) in [6, 6.07) is -0.415. The fourth-order valence-electron chi connectivity index (χ4n) is 4.96. The summed E-state index contributed by atoms with van der Waals surface area (Å²) in [5.41, 5.74) is -0.305. The lowest BCUT2D eigenvalue weighted by atomic mass is 9.80. The molecule has 0 aromatic heterocycles. The van der Waals surface area contributed by atoms with Crippen molar-refractivity contribution in [2.24, 2.45) is 11.8 Å². The first-order valence-electron chi connectivity index (χ1n) is 10.5. The third-order valence-electron chi connectivity index (χ3n) is 7.11. The van der Waals surface area contributed by atoms with Gasteiger partial charge in [-0.05, 0) is 70.9 Å². The zero-order valence-electron chi connectivity index (χ0n) is 16.8. The maximum Gasteiger partial charge on any atom is 0.326 e. The predicted octanol–water partition coefficient (Wildman–Crippen LogP) is 0.889. The lowest BCUT2D eigenvalue weighted by molar-refractivity contribution is -0.140. The number of nitrogens with zero attached hydrogens (tertiary/aromatic N) is 2. The Morgan fingerprint density at radius 3 is 2.46 bits per heavy atom. The van der Waals surface area contributed by atoms with Crippen molar-refractivity contribution in [2.75, 3.05) is 26.7 Å². The summed E-state index contributed by atoms with van der Waals surface area (Å²) < 4.78 is 28.5. The number of rotatable bonds is 5. The van der Waals surface area contributed by atoms with Gasteiger partial charge in [-0.25, -0.2) is 17.9 Å². The van der Waals surface area contributed by atoms with Crippen LogP contribution in [0.4, 0.5) is 4.79 Å². The fraction of sp³-hybridized carbons (Fsp3) is 0.895. The average Bonchev–Trinajstić information content (AvgIpc) is 3.39. The molecule has 2 saturated heterocycles. The van der Waals surface area contributed by atoms with Crippen LogP contribution in [0.25, 0.3) is 0 Å². The largest absolute Gasteiger partial charge is 0.326 e. The van der Waals surface area contributed by atoms with E-state index >= 15 is 0 Å². The van der Waals surface area contributed by atoms with Crippen LogP contribution in [0.5, 0.6) is 0 Å². The second-order valence-corrected chi connectivity index (χ2v) is 11.3. The Kier molecular flexibility index (Phi) is 5.20. The van der Waals surface area contributed by atoms with E-state index in [4.69, 9.17) is 0 Å². The zero-order chi connectivity index (χ0) is 20.1. The molecule has 4 fully saturated rings. The normalized spacial score (nSPS) is 33.7. The number of carbonyl (C=O) groups excluding carboxylic acids is 2. The van der Waals surface area contributed by atoms with Crippen molar-refractivity contribution >= 4 is 22.0 Å². The van der Waals surface area contributed by atoms with Crippen LogP contribution in [0.3, 0.4) is 0 Å². The summed E-state index contributed by atoms with van der Waals surface area (Å²) in [6.45, 7) is 4.19. The summed E-state index contributed by atoms with van der Waals surface area (Å²) in [5, 5.41) is 2.74. The smallest absolute Gasteiger partial charge is 0.324 e. The number of nitrogens with one attached hydrogen (secondary N) is 2. The van der Waals surface area contributed by atoms with E-state index in [1.165, 1.54) is 4.90 Å². The van der Waals surface area contributed by atoms with Crippen molar-refractivity contribution in [1.29, 1.82) is 0 Å². The van der Waals surface area contributed by atoms with Crippen LogP contribution in [0.1, 0.15) is 51.9 Å². The second-order valence-electron chi connectivity index (χ2n) is 9.35. The van der Waals surface area contributed by atoms with Crippen molar-refractivity contribution in [3.05, 3.63) is 0 Å². The Balaban J connectivity index is 1.48. The third-order valence-corrected chi connectivity index (χ3v) is 9.19. The molecular weight excluding hydrogens is 380 g/mol. The molecule has 2 aliphatic heterocycles. The molecular formula is C19H32N4O4S. The first-order chi connectivity index (χ1) is 13.2. The number of piperidine rings is 1. The van der Waals surface area contributed by atoms with Gasteiger partial charge in [0.1, 0.15) is 0 Å². The van der Waals surface area contributed by atoms with Gasteiger partial charge in [-0.15, -0.1) is 0 Å². The molecule has 4 aliphatic rings. The summed E-state index contributed by atoms with van der Waals surface area (Å²) >= 11 is 0. The van der Waals surface area contributed by atoms with Gasteiger partial charge in [0, 0.05) is 25.2 Å². The maximum atomic E-state index is 13.2. The van der Waals surface area contributed by atoms with E-state index in [1.54, 1.807) is 11.9 Å². The maximum absolute atomic E-state index is 13.2. The monoisotopic (exact) mass is 412 g/mol. The number of imide groups is 1. The Bertz CT molecular complexity index is 745. The quantitative estimate of drug-likeness (QED) is 0.699. The molecule has 0 radical (unpaired) electrons. The van der Waals surface area contributed by atoms with Crippen molar-refractivity contribution in [3.8, 4) is 0 Å². The first-order valence-corrected chi connectivity index (χ1v) is 12.1. The Hall–Kier alpha value is -1.19. The highest BCUT2D eigenvalue weighted by Gasteiger charge is 2.51. The number of fused-ring (bicyclic) bond motifs is 1. The molecule has 8 nitrogen and oxygen atoms in total. The highest BCUT2D eigenvalue weighted by Crippen LogP contribution is 2.40. The molecule has 3 unspecified atom stereocenters. The number of urea groups is 1. The molecule has 0 bridgehead atoms. The molecule has 2 saturated carbocycles. The molecule has 0 aromatic carbocycles. The van der Waals surface area contributed by atoms with Crippen molar-refractivity contribution < 1.29 is 18.0 Å². The van der Waals surface area contributed by atoms with E-state index in [-0.39, 0.29) is 23.5 Å². The molecule has 158 valence electrons. The highest BCUT2D eigenvalue weighted by atomic mass is 32.2. The van der Waals surface area contributed by atoms with E-state index in [0.29, 0.717) is 31.7 Å². The zero-order valence-corrected chi connectivity index (χ0v) is 17.6.